The quantitative estimate of drug-likeness (QED) is 0.640. The Morgan fingerprint density at radius 3 is 2.52 bits per heavy atom. The molecule has 1 heterocycles. The highest BCUT2D eigenvalue weighted by Gasteiger charge is 2.16. The zero-order valence-corrected chi connectivity index (χ0v) is 12.7. The number of amides is 2. The molecule has 0 spiro atoms. The summed E-state index contributed by atoms with van der Waals surface area (Å²) in [5, 5.41) is 12.4. The minimum Gasteiger partial charge on any atom is -0.267 e. The molecule has 1 aromatic carbocycles. The minimum absolute atomic E-state index is 0.0516. The first-order chi connectivity index (χ1) is 9.99. The standard InChI is InChI=1S/C12H8BrN3O4S/c13-9-4-3-7(16(19)20)6-8(9)11(17)14-15-12(18)10-2-1-5-21-10/h1-6H,(H,14,17)(H,15,18). The molecule has 2 rings (SSSR count). The van der Waals surface area contributed by atoms with Crippen LogP contribution >= 0.6 is 27.3 Å². The lowest BCUT2D eigenvalue weighted by atomic mass is 10.2. The molecule has 0 atom stereocenters. The number of nitrogens with one attached hydrogen (secondary N) is 2. The molecular formula is C12H8BrN3O4S. The van der Waals surface area contributed by atoms with Gasteiger partial charge in [-0.1, -0.05) is 6.07 Å². The summed E-state index contributed by atoms with van der Waals surface area (Å²) >= 11 is 4.36. The highest BCUT2D eigenvalue weighted by Crippen LogP contribution is 2.22. The Labute approximate surface area is 131 Å². The van der Waals surface area contributed by atoms with Crippen molar-refractivity contribution in [3.63, 3.8) is 0 Å². The molecule has 2 N–H and O–H groups in total. The van der Waals surface area contributed by atoms with Gasteiger partial charge in [0.05, 0.1) is 15.4 Å². The lowest BCUT2D eigenvalue weighted by Crippen LogP contribution is -2.41. The number of hydrogen-bond donors (Lipinski definition) is 2. The normalized spacial score (nSPS) is 9.95. The van der Waals surface area contributed by atoms with Crippen LogP contribution in [0.1, 0.15) is 20.0 Å². The van der Waals surface area contributed by atoms with Crippen LogP contribution in [-0.2, 0) is 0 Å². The largest absolute Gasteiger partial charge is 0.279 e. The molecule has 0 unspecified atom stereocenters. The SMILES string of the molecule is O=C(NNC(=O)c1cc([N+](=O)[O-])ccc1Br)c1cccs1. The first-order valence-electron chi connectivity index (χ1n) is 5.57. The van der Waals surface area contributed by atoms with E-state index in [0.29, 0.717) is 9.35 Å². The number of nitro groups is 1. The van der Waals surface area contributed by atoms with Gasteiger partial charge in [0.25, 0.3) is 17.5 Å². The van der Waals surface area contributed by atoms with E-state index < -0.39 is 16.7 Å². The molecule has 9 heteroatoms. The van der Waals surface area contributed by atoms with Crippen molar-refractivity contribution >= 4 is 44.8 Å². The monoisotopic (exact) mass is 369 g/mol. The van der Waals surface area contributed by atoms with Crippen LogP contribution in [0.5, 0.6) is 0 Å². The zero-order chi connectivity index (χ0) is 15.4. The van der Waals surface area contributed by atoms with Gasteiger partial charge in [0, 0.05) is 16.6 Å². The molecule has 108 valence electrons. The van der Waals surface area contributed by atoms with E-state index in [1.807, 2.05) is 0 Å². The minimum atomic E-state index is -0.657. The molecule has 2 amide bonds. The van der Waals surface area contributed by atoms with E-state index in [4.69, 9.17) is 0 Å². The van der Waals surface area contributed by atoms with Gasteiger partial charge in [0.1, 0.15) is 0 Å². The average molecular weight is 370 g/mol. The van der Waals surface area contributed by atoms with Crippen LogP contribution in [0.3, 0.4) is 0 Å². The molecular weight excluding hydrogens is 362 g/mol. The van der Waals surface area contributed by atoms with Crippen molar-refractivity contribution < 1.29 is 14.5 Å². The van der Waals surface area contributed by atoms with E-state index in [-0.39, 0.29) is 11.3 Å². The third kappa shape index (κ3) is 3.64. The van der Waals surface area contributed by atoms with Crippen molar-refractivity contribution in [3.05, 3.63) is 60.7 Å². The van der Waals surface area contributed by atoms with Gasteiger partial charge in [-0.05, 0) is 33.4 Å². The number of nitro benzene ring substituents is 1. The molecule has 0 saturated carbocycles. The molecule has 0 aliphatic rings. The molecule has 0 fully saturated rings. The molecule has 2 aromatic rings. The second-order valence-corrected chi connectivity index (χ2v) is 5.61. The van der Waals surface area contributed by atoms with Crippen molar-refractivity contribution in [1.82, 2.24) is 10.9 Å². The van der Waals surface area contributed by atoms with Crippen LogP contribution in [0.25, 0.3) is 0 Å². The van der Waals surface area contributed by atoms with Crippen LogP contribution in [-0.4, -0.2) is 16.7 Å². The van der Waals surface area contributed by atoms with Gasteiger partial charge in [0.2, 0.25) is 0 Å². The summed E-state index contributed by atoms with van der Waals surface area (Å²) in [4.78, 5) is 34.1. The summed E-state index contributed by atoms with van der Waals surface area (Å²) in [6.07, 6.45) is 0. The number of nitrogens with zero attached hydrogens (tertiary/aromatic N) is 1. The summed E-state index contributed by atoms with van der Waals surface area (Å²) in [6.45, 7) is 0. The van der Waals surface area contributed by atoms with Crippen molar-refractivity contribution in [1.29, 1.82) is 0 Å². The summed E-state index contributed by atoms with van der Waals surface area (Å²) in [5.74, 6) is -1.12. The average Bonchev–Trinajstić information content (AvgIpc) is 2.98. The maximum atomic E-state index is 11.9. The molecule has 7 nitrogen and oxygen atoms in total. The van der Waals surface area contributed by atoms with E-state index in [9.17, 15) is 19.7 Å². The van der Waals surface area contributed by atoms with E-state index in [1.54, 1.807) is 17.5 Å². The Bertz CT molecular complexity index is 703. The third-order valence-electron chi connectivity index (χ3n) is 2.44. The summed E-state index contributed by atoms with van der Waals surface area (Å²) in [6, 6.07) is 7.10. The predicted octanol–water partition coefficient (Wildman–Crippen LogP) is 2.49. The Morgan fingerprint density at radius 2 is 1.90 bits per heavy atom. The van der Waals surface area contributed by atoms with Gasteiger partial charge in [-0.25, -0.2) is 0 Å². The lowest BCUT2D eigenvalue weighted by molar-refractivity contribution is -0.384. The fourth-order valence-electron chi connectivity index (χ4n) is 1.45. The van der Waals surface area contributed by atoms with Crippen LogP contribution in [0.4, 0.5) is 5.69 Å². The van der Waals surface area contributed by atoms with Crippen molar-refractivity contribution in [2.75, 3.05) is 0 Å². The molecule has 0 saturated heterocycles. The van der Waals surface area contributed by atoms with E-state index in [0.717, 1.165) is 6.07 Å². The van der Waals surface area contributed by atoms with Crippen molar-refractivity contribution in [2.24, 2.45) is 0 Å². The van der Waals surface area contributed by atoms with Gasteiger partial charge in [-0.3, -0.25) is 30.6 Å². The van der Waals surface area contributed by atoms with Gasteiger partial charge in [-0.2, -0.15) is 0 Å². The summed E-state index contributed by atoms with van der Waals surface area (Å²) < 4.78 is 0.385. The number of halogens is 1. The van der Waals surface area contributed by atoms with E-state index in [1.165, 1.54) is 23.5 Å². The van der Waals surface area contributed by atoms with Gasteiger partial charge >= 0.3 is 0 Å². The van der Waals surface area contributed by atoms with E-state index >= 15 is 0 Å². The number of non-ortho nitro benzene ring substituents is 1. The summed E-state index contributed by atoms with van der Waals surface area (Å²) in [7, 11) is 0. The Hall–Kier alpha value is -2.26. The topological polar surface area (TPSA) is 101 Å². The van der Waals surface area contributed by atoms with Crippen LogP contribution in [0, 0.1) is 10.1 Å². The molecule has 0 bridgehead atoms. The second kappa shape index (κ2) is 6.46. The zero-order valence-electron chi connectivity index (χ0n) is 10.3. The molecule has 21 heavy (non-hydrogen) atoms. The number of hydrogen-bond acceptors (Lipinski definition) is 5. The van der Waals surface area contributed by atoms with Crippen LogP contribution in [0.15, 0.2) is 40.2 Å². The number of carbonyl (C=O) groups is 2. The number of carbonyl (C=O) groups excluding carboxylic acids is 2. The fourth-order valence-corrected chi connectivity index (χ4v) is 2.50. The first-order valence-corrected chi connectivity index (χ1v) is 7.24. The Balaban J connectivity index is 2.08. The predicted molar refractivity (Wildman–Crippen MR) is 80.0 cm³/mol. The molecule has 0 aliphatic carbocycles. The molecule has 1 aromatic heterocycles. The third-order valence-corrected chi connectivity index (χ3v) is 4.00. The van der Waals surface area contributed by atoms with Crippen molar-refractivity contribution in [3.8, 4) is 0 Å². The smallest absolute Gasteiger partial charge is 0.267 e. The van der Waals surface area contributed by atoms with Crippen LogP contribution < -0.4 is 10.9 Å². The van der Waals surface area contributed by atoms with Crippen molar-refractivity contribution in [2.45, 2.75) is 0 Å². The highest BCUT2D eigenvalue weighted by molar-refractivity contribution is 9.10. The van der Waals surface area contributed by atoms with Gasteiger partial charge < -0.3 is 0 Å². The highest BCUT2D eigenvalue weighted by atomic mass is 79.9. The maximum absolute atomic E-state index is 11.9. The van der Waals surface area contributed by atoms with Gasteiger partial charge in [0.15, 0.2) is 0 Å². The number of thiophene rings is 1. The lowest BCUT2D eigenvalue weighted by Gasteiger charge is -2.07. The number of rotatable bonds is 3. The first kappa shape index (κ1) is 15.1. The number of benzene rings is 1. The second-order valence-electron chi connectivity index (χ2n) is 3.81. The molecule has 0 aliphatic heterocycles. The Kier molecular flexibility index (Phi) is 4.66. The molecule has 0 radical (unpaired) electrons. The fraction of sp³-hybridized carbons (Fsp3) is 0. The van der Waals surface area contributed by atoms with E-state index in [2.05, 4.69) is 26.8 Å². The van der Waals surface area contributed by atoms with Gasteiger partial charge in [-0.15, -0.1) is 11.3 Å². The number of hydrazine groups is 1. The maximum Gasteiger partial charge on any atom is 0.279 e. The van der Waals surface area contributed by atoms with Crippen LogP contribution in [0.2, 0.25) is 0 Å². The Morgan fingerprint density at radius 1 is 1.19 bits per heavy atom. The summed E-state index contributed by atoms with van der Waals surface area (Å²) in [5.41, 5.74) is 4.29.